The number of hydrogen-bond acceptors (Lipinski definition) is 2. The Morgan fingerprint density at radius 3 is 2.16 bits per heavy atom. The van der Waals surface area contributed by atoms with Crippen LogP contribution >= 0.6 is 0 Å². The summed E-state index contributed by atoms with van der Waals surface area (Å²) in [5.74, 6) is -0.255. The second kappa shape index (κ2) is 7.09. The molecule has 0 saturated heterocycles. The number of benzene rings is 2. The molecule has 1 aliphatic rings. The third-order valence-electron chi connectivity index (χ3n) is 5.12. The normalized spacial score (nSPS) is 15.1. The van der Waals surface area contributed by atoms with Crippen LogP contribution in [0.1, 0.15) is 36.0 Å². The molecule has 0 unspecified atom stereocenters. The van der Waals surface area contributed by atoms with Gasteiger partial charge >= 0.3 is 0 Å². The molecule has 4 heteroatoms. The molecule has 2 aromatic rings. The molecule has 3 rings (SSSR count). The molecule has 0 bridgehead atoms. The molecule has 4 nitrogen and oxygen atoms in total. The summed E-state index contributed by atoms with van der Waals surface area (Å²) in [6, 6.07) is 15.7. The molecule has 0 heterocycles. The first-order valence-electron chi connectivity index (χ1n) is 8.73. The van der Waals surface area contributed by atoms with E-state index in [1.807, 2.05) is 62.4 Å². The van der Waals surface area contributed by atoms with E-state index in [-0.39, 0.29) is 18.4 Å². The smallest absolute Gasteiger partial charge is 0.243 e. The fraction of sp³-hybridized carbons (Fsp3) is 0.333. The Bertz CT molecular complexity index is 759. The van der Waals surface area contributed by atoms with Gasteiger partial charge in [-0.1, -0.05) is 55.0 Å². The number of carbonyl (C=O) groups excluding carboxylic acids is 2. The third kappa shape index (κ3) is 3.43. The molecule has 0 radical (unpaired) electrons. The Kier molecular flexibility index (Phi) is 4.88. The Balaban J connectivity index is 1.63. The van der Waals surface area contributed by atoms with Crippen LogP contribution in [0, 0.1) is 13.8 Å². The van der Waals surface area contributed by atoms with Crippen LogP contribution < -0.4 is 10.6 Å². The maximum Gasteiger partial charge on any atom is 0.243 e. The second-order valence-electron chi connectivity index (χ2n) is 6.80. The van der Waals surface area contributed by atoms with Crippen molar-refractivity contribution in [2.75, 3.05) is 11.9 Å². The van der Waals surface area contributed by atoms with Crippen molar-refractivity contribution in [3.8, 4) is 0 Å². The Morgan fingerprint density at radius 1 is 0.960 bits per heavy atom. The summed E-state index contributed by atoms with van der Waals surface area (Å²) in [5, 5.41) is 5.74. The minimum atomic E-state index is -0.472. The zero-order valence-corrected chi connectivity index (χ0v) is 14.8. The number of aryl methyl sites for hydroxylation is 2. The van der Waals surface area contributed by atoms with Gasteiger partial charge in [0, 0.05) is 5.69 Å². The first kappa shape index (κ1) is 17.2. The second-order valence-corrected chi connectivity index (χ2v) is 6.80. The molecule has 25 heavy (non-hydrogen) atoms. The van der Waals surface area contributed by atoms with E-state index in [1.54, 1.807) is 0 Å². The molecule has 2 amide bonds. The van der Waals surface area contributed by atoms with Crippen LogP contribution in [0.3, 0.4) is 0 Å². The maximum atomic E-state index is 12.7. The number of amides is 2. The van der Waals surface area contributed by atoms with Crippen LogP contribution in [0.15, 0.2) is 48.5 Å². The van der Waals surface area contributed by atoms with Crippen molar-refractivity contribution in [3.63, 3.8) is 0 Å². The number of para-hydroxylation sites is 1. The highest BCUT2D eigenvalue weighted by Crippen LogP contribution is 2.43. The largest absolute Gasteiger partial charge is 0.346 e. The molecule has 0 spiro atoms. The van der Waals surface area contributed by atoms with E-state index in [9.17, 15) is 9.59 Å². The molecule has 1 saturated carbocycles. The van der Waals surface area contributed by atoms with Gasteiger partial charge in [0.15, 0.2) is 0 Å². The van der Waals surface area contributed by atoms with E-state index in [2.05, 4.69) is 10.6 Å². The molecular formula is C21H24N2O2. The topological polar surface area (TPSA) is 58.2 Å². The van der Waals surface area contributed by atoms with Crippen LogP contribution in [0.2, 0.25) is 0 Å². The van der Waals surface area contributed by atoms with E-state index in [4.69, 9.17) is 0 Å². The Hall–Kier alpha value is -2.62. The summed E-state index contributed by atoms with van der Waals surface area (Å²) in [4.78, 5) is 25.0. The minimum Gasteiger partial charge on any atom is -0.346 e. The molecule has 0 atom stereocenters. The maximum absolute atomic E-state index is 12.7. The van der Waals surface area contributed by atoms with Crippen molar-refractivity contribution in [2.24, 2.45) is 0 Å². The molecular weight excluding hydrogens is 312 g/mol. The van der Waals surface area contributed by atoms with Crippen molar-refractivity contribution in [3.05, 3.63) is 65.2 Å². The third-order valence-corrected chi connectivity index (χ3v) is 5.12. The van der Waals surface area contributed by atoms with Crippen LogP contribution in [0.25, 0.3) is 0 Å². The number of hydrogen-bond donors (Lipinski definition) is 2. The van der Waals surface area contributed by atoms with E-state index >= 15 is 0 Å². The summed E-state index contributed by atoms with van der Waals surface area (Å²) >= 11 is 0. The van der Waals surface area contributed by atoms with Crippen molar-refractivity contribution in [1.82, 2.24) is 5.32 Å². The highest BCUT2D eigenvalue weighted by Gasteiger charge is 2.45. The lowest BCUT2D eigenvalue weighted by Crippen LogP contribution is -2.50. The van der Waals surface area contributed by atoms with Gasteiger partial charge in [-0.2, -0.15) is 0 Å². The van der Waals surface area contributed by atoms with Crippen molar-refractivity contribution < 1.29 is 9.59 Å². The predicted octanol–water partition coefficient (Wildman–Crippen LogP) is 3.48. The van der Waals surface area contributed by atoms with Gasteiger partial charge < -0.3 is 10.6 Å². The van der Waals surface area contributed by atoms with Gasteiger partial charge in [-0.15, -0.1) is 0 Å². The summed E-state index contributed by atoms with van der Waals surface area (Å²) in [7, 11) is 0. The fourth-order valence-electron chi connectivity index (χ4n) is 3.46. The zero-order chi connectivity index (χ0) is 17.9. The van der Waals surface area contributed by atoms with Gasteiger partial charge in [0.2, 0.25) is 11.8 Å². The summed E-state index contributed by atoms with van der Waals surface area (Å²) in [6.45, 7) is 3.90. The van der Waals surface area contributed by atoms with Gasteiger partial charge in [-0.3, -0.25) is 9.59 Å². The monoisotopic (exact) mass is 336 g/mol. The lowest BCUT2D eigenvalue weighted by molar-refractivity contribution is -0.131. The quantitative estimate of drug-likeness (QED) is 0.878. The summed E-state index contributed by atoms with van der Waals surface area (Å²) < 4.78 is 0. The molecule has 2 N–H and O–H groups in total. The highest BCUT2D eigenvalue weighted by molar-refractivity contribution is 5.97. The molecule has 0 aliphatic heterocycles. The molecule has 1 fully saturated rings. The van der Waals surface area contributed by atoms with E-state index in [1.165, 1.54) is 0 Å². The molecule has 1 aliphatic carbocycles. The van der Waals surface area contributed by atoms with Gasteiger partial charge in [-0.25, -0.2) is 0 Å². The Labute approximate surface area is 148 Å². The lowest BCUT2D eigenvalue weighted by Gasteiger charge is -2.40. The molecule has 130 valence electrons. The van der Waals surface area contributed by atoms with E-state index in [0.717, 1.165) is 41.6 Å². The van der Waals surface area contributed by atoms with E-state index < -0.39 is 5.41 Å². The average molecular weight is 336 g/mol. The number of anilines is 1. The van der Waals surface area contributed by atoms with Crippen LogP contribution in [0.5, 0.6) is 0 Å². The molecule has 2 aromatic carbocycles. The molecule has 0 aromatic heterocycles. The van der Waals surface area contributed by atoms with Crippen LogP contribution in [0.4, 0.5) is 5.69 Å². The van der Waals surface area contributed by atoms with Gasteiger partial charge in [0.25, 0.3) is 0 Å². The number of nitrogens with one attached hydrogen (secondary N) is 2. The van der Waals surface area contributed by atoms with Crippen molar-refractivity contribution in [1.29, 1.82) is 0 Å². The van der Waals surface area contributed by atoms with Crippen molar-refractivity contribution in [2.45, 2.75) is 38.5 Å². The SMILES string of the molecule is Cc1cccc(C)c1NC(=O)CNC(=O)C1(c2ccccc2)CCC1. The standard InChI is InChI=1S/C21H24N2O2/c1-15-8-6-9-16(2)19(15)23-18(24)14-22-20(25)21(12-7-13-21)17-10-4-3-5-11-17/h3-6,8-11H,7,12-14H2,1-2H3,(H,22,25)(H,23,24). The minimum absolute atomic E-state index is 0.0127. The highest BCUT2D eigenvalue weighted by atomic mass is 16.2. The zero-order valence-electron chi connectivity index (χ0n) is 14.8. The van der Waals surface area contributed by atoms with Gasteiger partial charge in [0.05, 0.1) is 12.0 Å². The summed E-state index contributed by atoms with van der Waals surface area (Å²) in [6.07, 6.45) is 2.71. The number of rotatable bonds is 5. The predicted molar refractivity (Wildman–Crippen MR) is 99.5 cm³/mol. The fourth-order valence-corrected chi connectivity index (χ4v) is 3.46. The van der Waals surface area contributed by atoms with Crippen LogP contribution in [-0.2, 0) is 15.0 Å². The van der Waals surface area contributed by atoms with Crippen molar-refractivity contribution >= 4 is 17.5 Å². The van der Waals surface area contributed by atoms with E-state index in [0.29, 0.717) is 0 Å². The van der Waals surface area contributed by atoms with Gasteiger partial charge in [0.1, 0.15) is 0 Å². The van der Waals surface area contributed by atoms with Gasteiger partial charge in [-0.05, 0) is 43.4 Å². The first-order valence-corrected chi connectivity index (χ1v) is 8.73. The van der Waals surface area contributed by atoms with Crippen LogP contribution in [-0.4, -0.2) is 18.4 Å². The summed E-state index contributed by atoms with van der Waals surface area (Å²) in [5.41, 5.74) is 3.41. The lowest BCUT2D eigenvalue weighted by atomic mass is 9.64. The Morgan fingerprint density at radius 2 is 1.60 bits per heavy atom. The first-order chi connectivity index (χ1) is 12.0. The average Bonchev–Trinajstić information content (AvgIpc) is 2.56. The number of carbonyl (C=O) groups is 2.